The molecule has 0 aliphatic carbocycles. The highest BCUT2D eigenvalue weighted by molar-refractivity contribution is 6.20. The van der Waals surface area contributed by atoms with Crippen LogP contribution in [0.3, 0.4) is 0 Å². The van der Waals surface area contributed by atoms with Crippen LogP contribution in [-0.4, -0.2) is 23.2 Å². The van der Waals surface area contributed by atoms with E-state index in [1.54, 1.807) is 37.3 Å². The number of aliphatic imine (C=N–C) groups is 1. The van der Waals surface area contributed by atoms with Gasteiger partial charge in [-0.25, -0.2) is 9.79 Å². The molecular weight excluding hydrogens is 206 g/mol. The van der Waals surface area contributed by atoms with Crippen molar-refractivity contribution in [3.05, 3.63) is 35.9 Å². The summed E-state index contributed by atoms with van der Waals surface area (Å²) >= 11 is 0. The fourth-order valence-corrected chi connectivity index (χ4v) is 1.63. The van der Waals surface area contributed by atoms with Crippen LogP contribution in [0.15, 0.2) is 35.3 Å². The van der Waals surface area contributed by atoms with Crippen molar-refractivity contribution in [2.24, 2.45) is 4.99 Å². The molecule has 0 spiro atoms. The Balaban J connectivity index is 2.40. The molecule has 0 fully saturated rings. The van der Waals surface area contributed by atoms with Gasteiger partial charge in [-0.05, 0) is 6.92 Å². The second-order valence-electron chi connectivity index (χ2n) is 3.79. The van der Waals surface area contributed by atoms with E-state index in [1.807, 2.05) is 0 Å². The van der Waals surface area contributed by atoms with Gasteiger partial charge in [0, 0.05) is 12.5 Å². The summed E-state index contributed by atoms with van der Waals surface area (Å²) in [7, 11) is 0. The molecule has 0 bridgehead atoms. The molecule has 0 aromatic heterocycles. The number of Topliss-reactive ketones (excluding diaryl/α,β-unsaturated/α-hetero) is 1. The minimum atomic E-state index is -1.43. The zero-order valence-electron chi connectivity index (χ0n) is 9.06. The third-order valence-electron chi connectivity index (χ3n) is 2.50. The predicted octanol–water partition coefficient (Wildman–Crippen LogP) is 1.60. The lowest BCUT2D eigenvalue weighted by Gasteiger charge is -2.14. The van der Waals surface area contributed by atoms with Crippen LogP contribution in [0, 0.1) is 0 Å². The van der Waals surface area contributed by atoms with Crippen LogP contribution in [0.1, 0.15) is 24.2 Å². The van der Waals surface area contributed by atoms with Crippen LogP contribution >= 0.6 is 0 Å². The van der Waals surface area contributed by atoms with Crippen LogP contribution < -0.4 is 0 Å². The van der Waals surface area contributed by atoms with E-state index in [2.05, 4.69) is 4.99 Å². The monoisotopic (exact) mass is 217 g/mol. The maximum atomic E-state index is 12.1. The lowest BCUT2D eigenvalue weighted by Crippen LogP contribution is -2.39. The smallest absolute Gasteiger partial charge is 0.348 e. The summed E-state index contributed by atoms with van der Waals surface area (Å²) in [6.45, 7) is 3.03. The molecule has 16 heavy (non-hydrogen) atoms. The number of carbonyl (C=O) groups is 2. The molecule has 1 atom stereocenters. The third kappa shape index (κ3) is 1.52. The molecule has 82 valence electrons. The van der Waals surface area contributed by atoms with Gasteiger partial charge in [0.15, 0.2) is 5.90 Å². The highest BCUT2D eigenvalue weighted by Gasteiger charge is 2.47. The fourth-order valence-electron chi connectivity index (χ4n) is 1.63. The van der Waals surface area contributed by atoms with Gasteiger partial charge in [0.1, 0.15) is 0 Å². The Bertz CT molecular complexity index is 478. The molecule has 1 aromatic rings. The number of cyclic esters (lactones) is 1. The first-order chi connectivity index (χ1) is 7.54. The van der Waals surface area contributed by atoms with Crippen LogP contribution in [0.5, 0.6) is 0 Å². The van der Waals surface area contributed by atoms with Crippen molar-refractivity contribution in [1.29, 1.82) is 0 Å². The zero-order chi connectivity index (χ0) is 11.8. The van der Waals surface area contributed by atoms with E-state index < -0.39 is 11.5 Å². The second-order valence-corrected chi connectivity index (χ2v) is 3.79. The number of benzene rings is 1. The fraction of sp³-hybridized carbons (Fsp3) is 0.250. The minimum Gasteiger partial charge on any atom is -0.410 e. The summed E-state index contributed by atoms with van der Waals surface area (Å²) in [5, 5.41) is 0. The summed E-state index contributed by atoms with van der Waals surface area (Å²) in [6.07, 6.45) is 0. The molecule has 0 amide bonds. The Hall–Kier alpha value is -1.97. The van der Waals surface area contributed by atoms with E-state index in [0.29, 0.717) is 5.56 Å². The molecule has 1 aromatic carbocycles. The number of ketones is 1. The largest absolute Gasteiger partial charge is 0.410 e. The summed E-state index contributed by atoms with van der Waals surface area (Å²) in [5.41, 5.74) is -0.966. The molecule has 2 rings (SSSR count). The summed E-state index contributed by atoms with van der Waals surface area (Å²) in [6, 6.07) is 8.61. The number of ether oxygens (including phenoxy) is 1. The van der Waals surface area contributed by atoms with Gasteiger partial charge in [-0.1, -0.05) is 30.3 Å². The Morgan fingerprint density at radius 3 is 2.44 bits per heavy atom. The molecular formula is C12H11NO3. The van der Waals surface area contributed by atoms with Crippen molar-refractivity contribution in [2.75, 3.05) is 0 Å². The first kappa shape index (κ1) is 10.5. The van der Waals surface area contributed by atoms with Gasteiger partial charge in [-0.15, -0.1) is 0 Å². The molecule has 0 radical (unpaired) electrons. The van der Waals surface area contributed by atoms with Crippen molar-refractivity contribution in [3.63, 3.8) is 0 Å². The van der Waals surface area contributed by atoms with Crippen molar-refractivity contribution < 1.29 is 14.3 Å². The molecule has 4 nitrogen and oxygen atoms in total. The topological polar surface area (TPSA) is 55.7 Å². The van der Waals surface area contributed by atoms with Crippen LogP contribution in [-0.2, 0) is 9.53 Å². The molecule has 0 saturated heterocycles. The normalized spacial score (nSPS) is 23.9. The molecule has 0 N–H and O–H groups in total. The lowest BCUT2D eigenvalue weighted by molar-refractivity contribution is -0.136. The maximum Gasteiger partial charge on any atom is 0.348 e. The standard InChI is InChI=1S/C12H11NO3/c1-8-13-12(2,11(15)16-8)10(14)9-6-4-3-5-7-9/h3-7H,1-2H3. The summed E-state index contributed by atoms with van der Waals surface area (Å²) < 4.78 is 4.81. The number of rotatable bonds is 2. The second kappa shape index (κ2) is 3.56. The van der Waals surface area contributed by atoms with Gasteiger partial charge < -0.3 is 4.74 Å². The van der Waals surface area contributed by atoms with E-state index in [-0.39, 0.29) is 11.7 Å². The quantitative estimate of drug-likeness (QED) is 0.429. The molecule has 0 saturated carbocycles. The average Bonchev–Trinajstić information content (AvgIpc) is 2.54. The van der Waals surface area contributed by atoms with Crippen LogP contribution in [0.2, 0.25) is 0 Å². The number of hydrogen-bond donors (Lipinski definition) is 0. The van der Waals surface area contributed by atoms with Gasteiger partial charge >= 0.3 is 5.97 Å². The van der Waals surface area contributed by atoms with Crippen molar-refractivity contribution in [1.82, 2.24) is 0 Å². The van der Waals surface area contributed by atoms with E-state index >= 15 is 0 Å². The molecule has 1 unspecified atom stereocenters. The predicted molar refractivity (Wildman–Crippen MR) is 58.4 cm³/mol. The zero-order valence-corrected chi connectivity index (χ0v) is 9.06. The first-order valence-electron chi connectivity index (χ1n) is 4.92. The van der Waals surface area contributed by atoms with E-state index in [9.17, 15) is 9.59 Å². The first-order valence-corrected chi connectivity index (χ1v) is 4.92. The Morgan fingerprint density at radius 1 is 1.31 bits per heavy atom. The maximum absolute atomic E-state index is 12.1. The Morgan fingerprint density at radius 2 is 1.94 bits per heavy atom. The Labute approximate surface area is 92.9 Å². The molecule has 1 aliphatic rings. The SMILES string of the molecule is CC1=NC(C)(C(=O)c2ccccc2)C(=O)O1. The van der Waals surface area contributed by atoms with Crippen LogP contribution in [0.25, 0.3) is 0 Å². The van der Waals surface area contributed by atoms with E-state index in [1.165, 1.54) is 6.92 Å². The Kier molecular flexibility index (Phi) is 2.34. The molecule has 1 heterocycles. The van der Waals surface area contributed by atoms with Gasteiger partial charge in [-0.2, -0.15) is 0 Å². The van der Waals surface area contributed by atoms with Crippen molar-refractivity contribution in [3.8, 4) is 0 Å². The lowest BCUT2D eigenvalue weighted by atomic mass is 9.92. The molecule has 1 aliphatic heterocycles. The molecule has 4 heteroatoms. The number of nitrogens with zero attached hydrogens (tertiary/aromatic N) is 1. The van der Waals surface area contributed by atoms with Crippen molar-refractivity contribution in [2.45, 2.75) is 19.4 Å². The van der Waals surface area contributed by atoms with E-state index in [4.69, 9.17) is 4.74 Å². The highest BCUT2D eigenvalue weighted by Crippen LogP contribution is 2.24. The van der Waals surface area contributed by atoms with Gasteiger partial charge in [0.05, 0.1) is 0 Å². The van der Waals surface area contributed by atoms with Gasteiger partial charge in [-0.3, -0.25) is 4.79 Å². The number of esters is 1. The average molecular weight is 217 g/mol. The van der Waals surface area contributed by atoms with E-state index in [0.717, 1.165) is 0 Å². The minimum absolute atomic E-state index is 0.233. The van der Waals surface area contributed by atoms with Gasteiger partial charge in [0.25, 0.3) is 0 Å². The highest BCUT2D eigenvalue weighted by atomic mass is 16.6. The summed E-state index contributed by atoms with van der Waals surface area (Å²) in [5.74, 6) is -0.717. The van der Waals surface area contributed by atoms with Crippen molar-refractivity contribution >= 4 is 17.7 Å². The number of carbonyl (C=O) groups excluding carboxylic acids is 2. The third-order valence-corrected chi connectivity index (χ3v) is 2.50. The summed E-state index contributed by atoms with van der Waals surface area (Å²) in [4.78, 5) is 27.7. The number of hydrogen-bond acceptors (Lipinski definition) is 4. The van der Waals surface area contributed by atoms with Crippen LogP contribution in [0.4, 0.5) is 0 Å². The van der Waals surface area contributed by atoms with Gasteiger partial charge in [0.2, 0.25) is 11.3 Å².